The third kappa shape index (κ3) is 14.0. The number of carboxylic acids is 1. The Labute approximate surface area is 210 Å². The Kier molecular flexibility index (Phi) is 17.6. The summed E-state index contributed by atoms with van der Waals surface area (Å²) in [5.41, 5.74) is 5.96. The van der Waals surface area contributed by atoms with Crippen LogP contribution >= 0.6 is 35.3 Å². The number of hydrogen-bond donors (Lipinski definition) is 5. The van der Waals surface area contributed by atoms with Crippen LogP contribution in [0.2, 0.25) is 0 Å². The lowest BCUT2D eigenvalue weighted by molar-refractivity contribution is -0.142. The Bertz CT molecular complexity index is 625. The molecule has 9 nitrogen and oxygen atoms in total. The molecule has 12 heteroatoms. The van der Waals surface area contributed by atoms with E-state index in [1.54, 1.807) is 0 Å². The van der Waals surface area contributed by atoms with Crippen LogP contribution in [0.1, 0.15) is 39.5 Å². The van der Waals surface area contributed by atoms with Crippen molar-refractivity contribution in [3.63, 3.8) is 0 Å². The summed E-state index contributed by atoms with van der Waals surface area (Å²) in [5, 5.41) is 17.4. The van der Waals surface area contributed by atoms with Crippen LogP contribution in [0.25, 0.3) is 0 Å². The van der Waals surface area contributed by atoms with Crippen molar-refractivity contribution in [1.82, 2.24) is 16.0 Å². The molecule has 0 saturated heterocycles. The van der Waals surface area contributed by atoms with Gasteiger partial charge in [0.2, 0.25) is 17.7 Å². The minimum Gasteiger partial charge on any atom is -0.480 e. The number of aliphatic carboxylic acids is 1. The highest BCUT2D eigenvalue weighted by atomic mass is 32.2. The molecule has 0 aliphatic heterocycles. The SMILES string of the molecule is CSCCC(NC(=O)C(CCSC)NC(=O)C(CCSC)NC(=O)C(N)CC(C)C)C(=O)O. The molecule has 4 unspecified atom stereocenters. The molecule has 0 heterocycles. The summed E-state index contributed by atoms with van der Waals surface area (Å²) >= 11 is 4.54. The summed E-state index contributed by atoms with van der Waals surface area (Å²) in [5.74, 6) is -0.494. The Morgan fingerprint density at radius 2 is 1.09 bits per heavy atom. The fraction of sp³-hybridized carbons (Fsp3) is 0.810. The molecule has 192 valence electrons. The van der Waals surface area contributed by atoms with Crippen LogP contribution < -0.4 is 21.7 Å². The van der Waals surface area contributed by atoms with Crippen molar-refractivity contribution in [3.8, 4) is 0 Å². The lowest BCUT2D eigenvalue weighted by Crippen LogP contribution is -2.57. The number of carboxylic acid groups (broad SMARTS) is 1. The molecular formula is C21H40N4O5S3. The summed E-state index contributed by atoms with van der Waals surface area (Å²) in [6, 6.07) is -3.49. The van der Waals surface area contributed by atoms with E-state index in [4.69, 9.17) is 5.73 Å². The van der Waals surface area contributed by atoms with Crippen LogP contribution in [0, 0.1) is 5.92 Å². The summed E-state index contributed by atoms with van der Waals surface area (Å²) in [6.07, 6.45) is 7.14. The molecule has 6 N–H and O–H groups in total. The Balaban J connectivity index is 5.36. The molecule has 0 aromatic carbocycles. The molecule has 3 amide bonds. The van der Waals surface area contributed by atoms with Gasteiger partial charge in [0.15, 0.2) is 0 Å². The van der Waals surface area contributed by atoms with Crippen LogP contribution in [0.15, 0.2) is 0 Å². The Morgan fingerprint density at radius 3 is 1.45 bits per heavy atom. The third-order valence-corrected chi connectivity index (χ3v) is 6.71. The second-order valence-electron chi connectivity index (χ2n) is 8.10. The Hall–Kier alpha value is -1.11. The molecule has 0 bridgehead atoms. The van der Waals surface area contributed by atoms with Crippen LogP contribution in [0.3, 0.4) is 0 Å². The zero-order valence-corrected chi connectivity index (χ0v) is 22.7. The first kappa shape index (κ1) is 31.9. The second kappa shape index (κ2) is 18.2. The fourth-order valence-corrected chi connectivity index (χ4v) is 4.35. The fourth-order valence-electron chi connectivity index (χ4n) is 2.94. The van der Waals surface area contributed by atoms with Gasteiger partial charge in [-0.2, -0.15) is 35.3 Å². The van der Waals surface area contributed by atoms with Gasteiger partial charge >= 0.3 is 5.97 Å². The number of carbonyl (C=O) groups excluding carboxylic acids is 3. The number of amides is 3. The number of thioether (sulfide) groups is 3. The first-order valence-corrected chi connectivity index (χ1v) is 15.1. The average Bonchev–Trinajstić information content (AvgIpc) is 2.75. The predicted molar refractivity (Wildman–Crippen MR) is 140 cm³/mol. The van der Waals surface area contributed by atoms with Gasteiger partial charge in [-0.05, 0) is 67.6 Å². The van der Waals surface area contributed by atoms with E-state index in [9.17, 15) is 24.3 Å². The molecule has 0 aliphatic carbocycles. The molecule has 0 aliphatic rings. The van der Waals surface area contributed by atoms with E-state index < -0.39 is 47.9 Å². The minimum atomic E-state index is -1.11. The molecule has 0 aromatic rings. The van der Waals surface area contributed by atoms with E-state index in [-0.39, 0.29) is 12.3 Å². The van der Waals surface area contributed by atoms with E-state index in [0.29, 0.717) is 36.5 Å². The average molecular weight is 525 g/mol. The summed E-state index contributed by atoms with van der Waals surface area (Å²) in [7, 11) is 0. The van der Waals surface area contributed by atoms with Gasteiger partial charge in [0, 0.05) is 0 Å². The van der Waals surface area contributed by atoms with E-state index in [1.165, 1.54) is 35.3 Å². The maximum absolute atomic E-state index is 13.0. The highest BCUT2D eigenvalue weighted by molar-refractivity contribution is 7.98. The molecule has 0 fully saturated rings. The molecule has 0 saturated carbocycles. The zero-order chi connectivity index (χ0) is 25.4. The number of carbonyl (C=O) groups is 4. The normalized spacial score (nSPS) is 14.8. The van der Waals surface area contributed by atoms with Gasteiger partial charge in [0.05, 0.1) is 6.04 Å². The molecular weight excluding hydrogens is 484 g/mol. The molecule has 0 aromatic heterocycles. The molecule has 33 heavy (non-hydrogen) atoms. The van der Waals surface area contributed by atoms with E-state index in [0.717, 1.165) is 0 Å². The predicted octanol–water partition coefficient (Wildman–Crippen LogP) is 1.16. The van der Waals surface area contributed by atoms with Gasteiger partial charge in [-0.1, -0.05) is 13.8 Å². The van der Waals surface area contributed by atoms with Gasteiger partial charge in [0.25, 0.3) is 0 Å². The topological polar surface area (TPSA) is 151 Å². The monoisotopic (exact) mass is 524 g/mol. The van der Waals surface area contributed by atoms with Gasteiger partial charge in [0.1, 0.15) is 18.1 Å². The number of rotatable bonds is 18. The summed E-state index contributed by atoms with van der Waals surface area (Å²) in [6.45, 7) is 3.92. The molecule has 4 atom stereocenters. The van der Waals surface area contributed by atoms with Gasteiger partial charge in [-0.3, -0.25) is 14.4 Å². The molecule has 0 radical (unpaired) electrons. The van der Waals surface area contributed by atoms with Gasteiger partial charge in [-0.25, -0.2) is 4.79 Å². The van der Waals surface area contributed by atoms with Crippen LogP contribution in [0.4, 0.5) is 0 Å². The Morgan fingerprint density at radius 1 is 0.727 bits per heavy atom. The summed E-state index contributed by atoms with van der Waals surface area (Å²) in [4.78, 5) is 49.9. The quantitative estimate of drug-likeness (QED) is 0.178. The van der Waals surface area contributed by atoms with Crippen LogP contribution in [-0.2, 0) is 19.2 Å². The molecule has 0 rings (SSSR count). The highest BCUT2D eigenvalue weighted by Crippen LogP contribution is 2.08. The largest absolute Gasteiger partial charge is 0.480 e. The van der Waals surface area contributed by atoms with Crippen molar-refractivity contribution in [2.24, 2.45) is 11.7 Å². The number of nitrogens with two attached hydrogens (primary N) is 1. The number of hydrogen-bond acceptors (Lipinski definition) is 8. The first-order valence-electron chi connectivity index (χ1n) is 10.9. The highest BCUT2D eigenvalue weighted by Gasteiger charge is 2.30. The van der Waals surface area contributed by atoms with Crippen molar-refractivity contribution < 1.29 is 24.3 Å². The maximum atomic E-state index is 13.0. The van der Waals surface area contributed by atoms with Crippen LogP contribution in [-0.4, -0.2) is 89.0 Å². The van der Waals surface area contributed by atoms with Crippen molar-refractivity contribution in [1.29, 1.82) is 0 Å². The lowest BCUT2D eigenvalue weighted by atomic mass is 10.0. The number of nitrogens with one attached hydrogen (secondary N) is 3. The van der Waals surface area contributed by atoms with Gasteiger partial charge in [-0.15, -0.1) is 0 Å². The second-order valence-corrected chi connectivity index (χ2v) is 11.1. The van der Waals surface area contributed by atoms with Crippen molar-refractivity contribution in [2.45, 2.75) is 63.7 Å². The first-order chi connectivity index (χ1) is 15.6. The zero-order valence-electron chi connectivity index (χ0n) is 20.2. The lowest BCUT2D eigenvalue weighted by Gasteiger charge is -2.25. The van der Waals surface area contributed by atoms with Crippen molar-refractivity contribution in [3.05, 3.63) is 0 Å². The maximum Gasteiger partial charge on any atom is 0.326 e. The molecule has 0 spiro atoms. The summed E-state index contributed by atoms with van der Waals surface area (Å²) < 4.78 is 0. The van der Waals surface area contributed by atoms with E-state index in [1.807, 2.05) is 32.6 Å². The minimum absolute atomic E-state index is 0.233. The van der Waals surface area contributed by atoms with Crippen molar-refractivity contribution >= 4 is 59.0 Å². The third-order valence-electron chi connectivity index (χ3n) is 4.77. The van der Waals surface area contributed by atoms with Crippen LogP contribution in [0.5, 0.6) is 0 Å². The van der Waals surface area contributed by atoms with E-state index >= 15 is 0 Å². The standard InChI is InChI=1S/C21H40N4O5S3/c1-13(2)12-14(22)18(26)23-15(6-9-31-3)19(27)24-16(7-10-32-4)20(28)25-17(21(29)30)8-11-33-5/h13-17H,6-12,22H2,1-5H3,(H,23,26)(H,24,27)(H,25,28)(H,29,30). The smallest absolute Gasteiger partial charge is 0.326 e. The van der Waals surface area contributed by atoms with E-state index in [2.05, 4.69) is 16.0 Å². The van der Waals surface area contributed by atoms with Gasteiger partial charge < -0.3 is 26.8 Å². The van der Waals surface area contributed by atoms with Crippen molar-refractivity contribution in [2.75, 3.05) is 36.0 Å².